The third-order valence-electron chi connectivity index (χ3n) is 3.43. The van der Waals surface area contributed by atoms with Crippen LogP contribution in [0, 0.1) is 11.3 Å². The van der Waals surface area contributed by atoms with Gasteiger partial charge in [0.05, 0.1) is 18.0 Å². The van der Waals surface area contributed by atoms with E-state index in [9.17, 15) is 9.59 Å². The Hall–Kier alpha value is -2.93. The number of ether oxygens (including phenoxy) is 1. The third kappa shape index (κ3) is 5.86. The largest absolute Gasteiger partial charge is 0.442 e. The second-order valence-electron chi connectivity index (χ2n) is 6.64. The van der Waals surface area contributed by atoms with Gasteiger partial charge in [-0.3, -0.25) is 9.63 Å². The highest BCUT2D eigenvalue weighted by Gasteiger charge is 2.23. The van der Waals surface area contributed by atoms with Crippen molar-refractivity contribution < 1.29 is 19.2 Å². The van der Waals surface area contributed by atoms with Crippen molar-refractivity contribution >= 4 is 17.9 Å². The Morgan fingerprint density at radius 1 is 1.23 bits per heavy atom. The zero-order chi connectivity index (χ0) is 19.2. The SMILES string of the molecule is CC(C)(C)OC(=O)NOCC(=O)N1CCN(c2ncc(C#N)cn2)CC1. The van der Waals surface area contributed by atoms with Crippen molar-refractivity contribution in [2.75, 3.05) is 37.7 Å². The van der Waals surface area contributed by atoms with E-state index in [0.29, 0.717) is 37.7 Å². The molecule has 10 heteroatoms. The van der Waals surface area contributed by atoms with E-state index in [2.05, 4.69) is 15.4 Å². The molecule has 1 saturated heterocycles. The van der Waals surface area contributed by atoms with Crippen LogP contribution in [-0.2, 0) is 14.4 Å². The predicted octanol–water partition coefficient (Wildman–Crippen LogP) is 0.453. The number of aromatic nitrogens is 2. The quantitative estimate of drug-likeness (QED) is 0.767. The second-order valence-corrected chi connectivity index (χ2v) is 6.64. The van der Waals surface area contributed by atoms with Crippen molar-refractivity contribution in [1.29, 1.82) is 5.26 Å². The molecule has 2 rings (SSSR count). The number of carbonyl (C=O) groups is 2. The highest BCUT2D eigenvalue weighted by Crippen LogP contribution is 2.11. The molecule has 0 radical (unpaired) electrons. The monoisotopic (exact) mass is 362 g/mol. The standard InChI is InChI=1S/C16H22N6O4/c1-16(2,3)26-15(24)20-25-11-13(23)21-4-6-22(7-5-21)14-18-9-12(8-17)10-19-14/h9-10H,4-7,11H2,1-3H3,(H,20,24). The molecule has 0 unspecified atom stereocenters. The van der Waals surface area contributed by atoms with Crippen molar-refractivity contribution in [3.63, 3.8) is 0 Å². The van der Waals surface area contributed by atoms with Crippen molar-refractivity contribution in [2.24, 2.45) is 0 Å². The number of piperazine rings is 1. The molecule has 1 aromatic rings. The Morgan fingerprint density at radius 3 is 2.38 bits per heavy atom. The molecule has 1 N–H and O–H groups in total. The fourth-order valence-corrected chi connectivity index (χ4v) is 2.25. The summed E-state index contributed by atoms with van der Waals surface area (Å²) in [6.45, 7) is 7.02. The Kier molecular flexibility index (Phi) is 6.30. The normalized spacial score (nSPS) is 14.5. The highest BCUT2D eigenvalue weighted by molar-refractivity contribution is 5.78. The van der Waals surface area contributed by atoms with Crippen LogP contribution in [0.3, 0.4) is 0 Å². The predicted molar refractivity (Wildman–Crippen MR) is 90.9 cm³/mol. The zero-order valence-electron chi connectivity index (χ0n) is 15.1. The topological polar surface area (TPSA) is 121 Å². The van der Waals surface area contributed by atoms with Crippen LogP contribution < -0.4 is 10.4 Å². The Bertz CT molecular complexity index is 671. The number of anilines is 1. The Balaban J connectivity index is 1.72. The first kappa shape index (κ1) is 19.4. The highest BCUT2D eigenvalue weighted by atomic mass is 16.7. The number of nitrogens with zero attached hydrogens (tertiary/aromatic N) is 5. The van der Waals surface area contributed by atoms with E-state index in [1.165, 1.54) is 12.4 Å². The summed E-state index contributed by atoms with van der Waals surface area (Å²) in [7, 11) is 0. The van der Waals surface area contributed by atoms with Crippen molar-refractivity contribution in [2.45, 2.75) is 26.4 Å². The van der Waals surface area contributed by atoms with Gasteiger partial charge in [-0.2, -0.15) is 10.7 Å². The molecule has 2 heterocycles. The molecule has 2 amide bonds. The maximum Gasteiger partial charge on any atom is 0.431 e. The van der Waals surface area contributed by atoms with Crippen molar-refractivity contribution in [3.05, 3.63) is 18.0 Å². The number of hydrogen-bond acceptors (Lipinski definition) is 8. The van der Waals surface area contributed by atoms with Crippen LogP contribution in [0.1, 0.15) is 26.3 Å². The molecule has 1 fully saturated rings. The van der Waals surface area contributed by atoms with E-state index in [1.54, 1.807) is 25.7 Å². The average Bonchev–Trinajstić information content (AvgIpc) is 2.60. The van der Waals surface area contributed by atoms with E-state index >= 15 is 0 Å². The van der Waals surface area contributed by atoms with Crippen LogP contribution in [0.25, 0.3) is 0 Å². The van der Waals surface area contributed by atoms with Gasteiger partial charge in [-0.1, -0.05) is 0 Å². The van der Waals surface area contributed by atoms with Crippen LogP contribution in [-0.4, -0.2) is 65.3 Å². The van der Waals surface area contributed by atoms with E-state index in [1.807, 2.05) is 11.0 Å². The summed E-state index contributed by atoms with van der Waals surface area (Å²) < 4.78 is 5.00. The minimum Gasteiger partial charge on any atom is -0.442 e. The van der Waals surface area contributed by atoms with Gasteiger partial charge in [-0.25, -0.2) is 14.8 Å². The van der Waals surface area contributed by atoms with Gasteiger partial charge in [0.25, 0.3) is 5.91 Å². The smallest absolute Gasteiger partial charge is 0.431 e. The molecule has 0 aromatic carbocycles. The molecular formula is C16H22N6O4. The molecule has 10 nitrogen and oxygen atoms in total. The van der Waals surface area contributed by atoms with Gasteiger partial charge in [0.2, 0.25) is 5.95 Å². The number of nitrogens with one attached hydrogen (secondary N) is 1. The summed E-state index contributed by atoms with van der Waals surface area (Å²) in [6, 6.07) is 1.97. The van der Waals surface area contributed by atoms with Crippen LogP contribution in [0.15, 0.2) is 12.4 Å². The Morgan fingerprint density at radius 2 is 1.85 bits per heavy atom. The summed E-state index contributed by atoms with van der Waals surface area (Å²) >= 11 is 0. The molecule has 140 valence electrons. The first-order valence-corrected chi connectivity index (χ1v) is 8.14. The average molecular weight is 362 g/mol. The third-order valence-corrected chi connectivity index (χ3v) is 3.43. The number of rotatable bonds is 4. The Labute approximate surface area is 151 Å². The van der Waals surface area contributed by atoms with Gasteiger partial charge >= 0.3 is 6.09 Å². The summed E-state index contributed by atoms with van der Waals surface area (Å²) in [5.74, 6) is 0.292. The van der Waals surface area contributed by atoms with Crippen LogP contribution in [0.2, 0.25) is 0 Å². The van der Waals surface area contributed by atoms with Crippen molar-refractivity contribution in [1.82, 2.24) is 20.3 Å². The summed E-state index contributed by atoms with van der Waals surface area (Å²) in [4.78, 5) is 40.3. The number of nitriles is 1. The molecule has 1 aliphatic heterocycles. The van der Waals surface area contributed by atoms with Crippen LogP contribution >= 0.6 is 0 Å². The van der Waals surface area contributed by atoms with Crippen molar-refractivity contribution in [3.8, 4) is 6.07 Å². The van der Waals surface area contributed by atoms with Gasteiger partial charge in [-0.05, 0) is 20.8 Å². The first-order chi connectivity index (χ1) is 12.3. The maximum atomic E-state index is 12.1. The van der Waals surface area contributed by atoms with Crippen LogP contribution in [0.4, 0.5) is 10.7 Å². The maximum absolute atomic E-state index is 12.1. The fourth-order valence-electron chi connectivity index (χ4n) is 2.25. The summed E-state index contributed by atoms with van der Waals surface area (Å²) in [6.07, 6.45) is 2.19. The number of carbonyl (C=O) groups excluding carboxylic acids is 2. The lowest BCUT2D eigenvalue weighted by Crippen LogP contribution is -2.50. The van der Waals surface area contributed by atoms with Gasteiger partial charge in [0.15, 0.2) is 6.61 Å². The first-order valence-electron chi connectivity index (χ1n) is 8.14. The van der Waals surface area contributed by atoms with Gasteiger partial charge in [0.1, 0.15) is 11.7 Å². The lowest BCUT2D eigenvalue weighted by Gasteiger charge is -2.34. The molecule has 26 heavy (non-hydrogen) atoms. The van der Waals surface area contributed by atoms with E-state index in [0.717, 1.165) is 0 Å². The lowest BCUT2D eigenvalue weighted by atomic mass is 10.2. The molecule has 0 spiro atoms. The molecular weight excluding hydrogens is 340 g/mol. The van der Waals surface area contributed by atoms with Gasteiger partial charge < -0.3 is 14.5 Å². The number of hydrogen-bond donors (Lipinski definition) is 1. The molecule has 0 bridgehead atoms. The number of hydroxylamine groups is 1. The number of amides is 2. The molecule has 1 aromatic heterocycles. The lowest BCUT2D eigenvalue weighted by molar-refractivity contribution is -0.138. The minimum atomic E-state index is -0.743. The van der Waals surface area contributed by atoms with Gasteiger partial charge in [-0.15, -0.1) is 0 Å². The van der Waals surface area contributed by atoms with Crippen LogP contribution in [0.5, 0.6) is 0 Å². The fraction of sp³-hybridized carbons (Fsp3) is 0.562. The van der Waals surface area contributed by atoms with E-state index in [-0.39, 0.29) is 12.5 Å². The van der Waals surface area contributed by atoms with E-state index < -0.39 is 11.7 Å². The molecule has 0 saturated carbocycles. The second kappa shape index (κ2) is 8.44. The summed E-state index contributed by atoms with van der Waals surface area (Å²) in [5.41, 5.74) is 1.85. The molecule has 1 aliphatic rings. The summed E-state index contributed by atoms with van der Waals surface area (Å²) in [5, 5.41) is 8.76. The van der Waals surface area contributed by atoms with E-state index in [4.69, 9.17) is 14.8 Å². The minimum absolute atomic E-state index is 0.235. The molecule has 0 aliphatic carbocycles. The van der Waals surface area contributed by atoms with Gasteiger partial charge in [0, 0.05) is 26.2 Å². The molecule has 0 atom stereocenters. The zero-order valence-corrected chi connectivity index (χ0v) is 15.1.